The summed E-state index contributed by atoms with van der Waals surface area (Å²) in [5.41, 5.74) is 13.3. The normalized spacial score (nSPS) is 22.6. The third-order valence-electron chi connectivity index (χ3n) is 3.31. The average molecular weight is 274 g/mol. The highest BCUT2D eigenvalue weighted by molar-refractivity contribution is 7.09. The largest absolute Gasteiger partial charge is 0.387 e. The minimum Gasteiger partial charge on any atom is -0.387 e. The van der Waals surface area contributed by atoms with E-state index < -0.39 is 5.54 Å². The van der Waals surface area contributed by atoms with Crippen LogP contribution in [0.2, 0.25) is 0 Å². The molecule has 1 aromatic heterocycles. The first-order valence-electron chi connectivity index (χ1n) is 6.17. The molecule has 0 bridgehead atoms. The van der Waals surface area contributed by atoms with E-state index >= 15 is 0 Å². The molecule has 1 aliphatic heterocycles. The molecular formula is C14H18N4S. The smallest absolute Gasteiger partial charge is 0.124 e. The van der Waals surface area contributed by atoms with E-state index in [9.17, 15) is 0 Å². The summed E-state index contributed by atoms with van der Waals surface area (Å²) in [5, 5.41) is 2.95. The van der Waals surface area contributed by atoms with Gasteiger partial charge in [-0.05, 0) is 18.8 Å². The fourth-order valence-electron chi connectivity index (χ4n) is 1.92. The number of thiazole rings is 1. The summed E-state index contributed by atoms with van der Waals surface area (Å²) in [6.07, 6.45) is 2.23. The molecule has 1 atom stereocenters. The second kappa shape index (κ2) is 5.16. The number of aliphatic imine (C=N–C) groups is 1. The molecule has 1 unspecified atom stereocenters. The summed E-state index contributed by atoms with van der Waals surface area (Å²) in [6, 6.07) is 0. The SMILES string of the molecule is Cc1nc(C#CC2=CN=C(N)CC2(N)C(C)C)cs1. The Bertz CT molecular complexity index is 600. The quantitative estimate of drug-likeness (QED) is 0.767. The zero-order chi connectivity index (χ0) is 14.0. The van der Waals surface area contributed by atoms with Crippen LogP contribution in [0.25, 0.3) is 0 Å². The molecule has 0 aromatic carbocycles. The maximum Gasteiger partial charge on any atom is 0.124 e. The predicted molar refractivity (Wildman–Crippen MR) is 79.8 cm³/mol. The van der Waals surface area contributed by atoms with Crippen LogP contribution in [0.5, 0.6) is 0 Å². The Kier molecular flexibility index (Phi) is 3.74. The van der Waals surface area contributed by atoms with Crippen molar-refractivity contribution in [3.63, 3.8) is 0 Å². The van der Waals surface area contributed by atoms with E-state index in [1.165, 1.54) is 0 Å². The lowest BCUT2D eigenvalue weighted by Gasteiger charge is -2.35. The molecule has 2 rings (SSSR count). The third kappa shape index (κ3) is 2.86. The Morgan fingerprint density at radius 3 is 2.74 bits per heavy atom. The van der Waals surface area contributed by atoms with Gasteiger partial charge >= 0.3 is 0 Å². The first-order valence-corrected chi connectivity index (χ1v) is 7.05. The Balaban J connectivity index is 2.34. The van der Waals surface area contributed by atoms with Gasteiger partial charge in [-0.3, -0.25) is 0 Å². The fraction of sp³-hybridized carbons (Fsp3) is 0.429. The second-order valence-corrected chi connectivity index (χ2v) is 6.10. The van der Waals surface area contributed by atoms with E-state index in [2.05, 4.69) is 35.7 Å². The van der Waals surface area contributed by atoms with Crippen molar-refractivity contribution >= 4 is 17.2 Å². The highest BCUT2D eigenvalue weighted by Crippen LogP contribution is 2.29. The summed E-state index contributed by atoms with van der Waals surface area (Å²) in [5.74, 6) is 6.96. The van der Waals surface area contributed by atoms with Gasteiger partial charge in [-0.1, -0.05) is 19.8 Å². The molecule has 5 heteroatoms. The molecule has 0 amide bonds. The Morgan fingerprint density at radius 2 is 2.16 bits per heavy atom. The predicted octanol–water partition coefficient (Wildman–Crippen LogP) is 1.80. The van der Waals surface area contributed by atoms with E-state index in [1.54, 1.807) is 17.5 Å². The molecule has 0 radical (unpaired) electrons. The van der Waals surface area contributed by atoms with Crippen LogP contribution >= 0.6 is 11.3 Å². The van der Waals surface area contributed by atoms with Crippen LogP contribution in [0, 0.1) is 24.7 Å². The van der Waals surface area contributed by atoms with Crippen LogP contribution in [0.15, 0.2) is 22.1 Å². The molecule has 0 spiro atoms. The standard InChI is InChI=1S/C14H18N4S/c1-9(2)14(16)6-13(15)17-7-11(14)4-5-12-8-19-10(3)18-12/h7-9H,6,16H2,1-3H3,(H2,15,17). The van der Waals surface area contributed by atoms with Crippen molar-refractivity contribution in [2.24, 2.45) is 22.4 Å². The van der Waals surface area contributed by atoms with Gasteiger partial charge in [-0.15, -0.1) is 11.3 Å². The molecule has 0 saturated carbocycles. The monoisotopic (exact) mass is 274 g/mol. The molecule has 1 aliphatic rings. The van der Waals surface area contributed by atoms with Crippen LogP contribution in [0.4, 0.5) is 0 Å². The third-order valence-corrected chi connectivity index (χ3v) is 4.08. The van der Waals surface area contributed by atoms with Crippen molar-refractivity contribution in [1.82, 2.24) is 4.98 Å². The van der Waals surface area contributed by atoms with Gasteiger partial charge in [0.25, 0.3) is 0 Å². The van der Waals surface area contributed by atoms with Gasteiger partial charge in [-0.25, -0.2) is 9.98 Å². The van der Waals surface area contributed by atoms with Crippen molar-refractivity contribution in [2.75, 3.05) is 0 Å². The molecule has 0 fully saturated rings. The van der Waals surface area contributed by atoms with Gasteiger partial charge in [0.05, 0.1) is 10.5 Å². The van der Waals surface area contributed by atoms with Crippen molar-refractivity contribution in [1.29, 1.82) is 0 Å². The first kappa shape index (κ1) is 13.8. The molecule has 0 aliphatic carbocycles. The number of hydrogen-bond donors (Lipinski definition) is 2. The second-order valence-electron chi connectivity index (χ2n) is 5.04. The van der Waals surface area contributed by atoms with Crippen molar-refractivity contribution in [3.05, 3.63) is 27.9 Å². The summed E-state index contributed by atoms with van der Waals surface area (Å²) in [6.45, 7) is 6.10. The number of nitrogens with two attached hydrogens (primary N) is 2. The number of nitrogens with zero attached hydrogens (tertiary/aromatic N) is 2. The van der Waals surface area contributed by atoms with Crippen molar-refractivity contribution in [2.45, 2.75) is 32.7 Å². The molecule has 1 aromatic rings. The molecule has 4 nitrogen and oxygen atoms in total. The van der Waals surface area contributed by atoms with Gasteiger partial charge in [0, 0.05) is 23.6 Å². The average Bonchev–Trinajstić information content (AvgIpc) is 2.74. The molecule has 100 valence electrons. The summed E-state index contributed by atoms with van der Waals surface area (Å²) in [4.78, 5) is 8.46. The summed E-state index contributed by atoms with van der Waals surface area (Å²) >= 11 is 1.59. The summed E-state index contributed by atoms with van der Waals surface area (Å²) < 4.78 is 0. The van der Waals surface area contributed by atoms with E-state index in [0.29, 0.717) is 12.3 Å². The Morgan fingerprint density at radius 1 is 1.42 bits per heavy atom. The zero-order valence-electron chi connectivity index (χ0n) is 11.4. The molecule has 0 saturated heterocycles. The van der Waals surface area contributed by atoms with Crippen LogP contribution in [-0.2, 0) is 0 Å². The lowest BCUT2D eigenvalue weighted by molar-refractivity contribution is 0.379. The molecule has 2 heterocycles. The van der Waals surface area contributed by atoms with Crippen molar-refractivity contribution in [3.8, 4) is 11.8 Å². The topological polar surface area (TPSA) is 77.3 Å². The van der Waals surface area contributed by atoms with E-state index in [4.69, 9.17) is 11.5 Å². The van der Waals surface area contributed by atoms with E-state index in [-0.39, 0.29) is 5.92 Å². The lowest BCUT2D eigenvalue weighted by Crippen LogP contribution is -2.50. The number of rotatable bonds is 1. The summed E-state index contributed by atoms with van der Waals surface area (Å²) in [7, 11) is 0. The number of amidine groups is 1. The van der Waals surface area contributed by atoms with Gasteiger partial charge in [-0.2, -0.15) is 0 Å². The maximum absolute atomic E-state index is 6.46. The van der Waals surface area contributed by atoms with E-state index in [0.717, 1.165) is 16.3 Å². The van der Waals surface area contributed by atoms with Crippen molar-refractivity contribution < 1.29 is 0 Å². The Hall–Kier alpha value is -1.64. The number of hydrogen-bond acceptors (Lipinski definition) is 5. The van der Waals surface area contributed by atoms with Gasteiger partial charge in [0.2, 0.25) is 0 Å². The minimum atomic E-state index is -0.538. The van der Waals surface area contributed by atoms with Crippen LogP contribution in [0.1, 0.15) is 31.0 Å². The molecule has 4 N–H and O–H groups in total. The minimum absolute atomic E-state index is 0.235. The van der Waals surface area contributed by atoms with Crippen LogP contribution in [0.3, 0.4) is 0 Å². The van der Waals surface area contributed by atoms with Gasteiger partial charge in [0.15, 0.2) is 0 Å². The number of aromatic nitrogens is 1. The van der Waals surface area contributed by atoms with Gasteiger partial charge < -0.3 is 11.5 Å². The highest BCUT2D eigenvalue weighted by Gasteiger charge is 2.35. The van der Waals surface area contributed by atoms with Crippen LogP contribution < -0.4 is 11.5 Å². The fourth-order valence-corrected chi connectivity index (χ4v) is 2.47. The molecule has 19 heavy (non-hydrogen) atoms. The Labute approximate surface area is 117 Å². The zero-order valence-corrected chi connectivity index (χ0v) is 12.2. The van der Waals surface area contributed by atoms with Gasteiger partial charge in [0.1, 0.15) is 11.5 Å². The van der Waals surface area contributed by atoms with E-state index in [1.807, 2.05) is 12.3 Å². The number of aryl methyl sites for hydroxylation is 1. The highest BCUT2D eigenvalue weighted by atomic mass is 32.1. The lowest BCUT2D eigenvalue weighted by atomic mass is 9.77. The first-order chi connectivity index (χ1) is 8.91. The molecular weight excluding hydrogens is 256 g/mol. The van der Waals surface area contributed by atoms with Crippen LogP contribution in [-0.4, -0.2) is 16.4 Å². The maximum atomic E-state index is 6.46.